The van der Waals surface area contributed by atoms with E-state index in [-0.39, 0.29) is 5.92 Å². The molecule has 1 unspecified atom stereocenters. The highest BCUT2D eigenvalue weighted by Gasteiger charge is 2.22. The van der Waals surface area contributed by atoms with Crippen LogP contribution >= 0.6 is 11.3 Å². The van der Waals surface area contributed by atoms with Gasteiger partial charge in [0.25, 0.3) is 0 Å². The number of hydrogen-bond donors (Lipinski definition) is 2. The van der Waals surface area contributed by atoms with Crippen molar-refractivity contribution in [2.45, 2.75) is 39.7 Å². The van der Waals surface area contributed by atoms with E-state index in [0.717, 1.165) is 22.2 Å². The number of anilines is 1. The Morgan fingerprint density at radius 3 is 2.58 bits per heavy atom. The third kappa shape index (κ3) is 4.02. The van der Waals surface area contributed by atoms with E-state index in [9.17, 15) is 9.90 Å². The van der Waals surface area contributed by atoms with E-state index in [4.69, 9.17) is 4.98 Å². The van der Waals surface area contributed by atoms with E-state index in [2.05, 4.69) is 23.3 Å². The van der Waals surface area contributed by atoms with Gasteiger partial charge in [-0.25, -0.2) is 14.8 Å². The second kappa shape index (κ2) is 7.83. The molecular weight excluding hydrogens is 346 g/mol. The average Bonchev–Trinajstić information content (AvgIpc) is 3.05. The molecule has 6 heteroatoms. The molecule has 0 fully saturated rings. The Balaban J connectivity index is 2.09. The van der Waals surface area contributed by atoms with Gasteiger partial charge >= 0.3 is 5.97 Å². The van der Waals surface area contributed by atoms with Gasteiger partial charge in [-0.2, -0.15) is 0 Å². The van der Waals surface area contributed by atoms with Gasteiger partial charge in [0.1, 0.15) is 16.7 Å². The molecule has 0 radical (unpaired) electrons. The zero-order chi connectivity index (χ0) is 18.7. The van der Waals surface area contributed by atoms with Crippen molar-refractivity contribution in [2.24, 2.45) is 5.92 Å². The molecular formula is C20H23N3O2S. The summed E-state index contributed by atoms with van der Waals surface area (Å²) in [6.07, 6.45) is 1.45. The highest BCUT2D eigenvalue weighted by Crippen LogP contribution is 2.32. The summed E-state index contributed by atoms with van der Waals surface area (Å²) in [4.78, 5) is 23.2. The molecule has 0 saturated carbocycles. The summed E-state index contributed by atoms with van der Waals surface area (Å²) in [6, 6.07) is 11.1. The maximum absolute atomic E-state index is 11.7. The number of aryl methyl sites for hydroxylation is 1. The maximum Gasteiger partial charge on any atom is 0.326 e. The number of carboxylic acids is 1. The summed E-state index contributed by atoms with van der Waals surface area (Å²) in [5.74, 6) is 0.609. The van der Waals surface area contributed by atoms with Crippen LogP contribution in [0.2, 0.25) is 0 Å². The SMILES string of the molecule is CCc1cc2c(NC(CC(C)C)C(=O)O)nc(-c3ccccc3)nc2s1. The van der Waals surface area contributed by atoms with Crippen LogP contribution in [0.4, 0.5) is 5.82 Å². The van der Waals surface area contributed by atoms with Gasteiger partial charge in [0, 0.05) is 10.4 Å². The Morgan fingerprint density at radius 2 is 1.96 bits per heavy atom. The number of aromatic nitrogens is 2. The van der Waals surface area contributed by atoms with Crippen LogP contribution < -0.4 is 5.32 Å². The molecule has 2 heterocycles. The van der Waals surface area contributed by atoms with Gasteiger partial charge in [0.05, 0.1) is 5.39 Å². The Kier molecular flexibility index (Phi) is 5.52. The molecule has 0 spiro atoms. The maximum atomic E-state index is 11.7. The first-order valence-corrected chi connectivity index (χ1v) is 9.64. The first-order valence-electron chi connectivity index (χ1n) is 8.83. The van der Waals surface area contributed by atoms with Gasteiger partial charge in [-0.05, 0) is 24.8 Å². The summed E-state index contributed by atoms with van der Waals surface area (Å²) in [7, 11) is 0. The fourth-order valence-electron chi connectivity index (χ4n) is 2.83. The molecule has 0 aliphatic rings. The van der Waals surface area contributed by atoms with Gasteiger partial charge in [0.2, 0.25) is 0 Å². The zero-order valence-corrected chi connectivity index (χ0v) is 16.0. The van der Waals surface area contributed by atoms with Crippen LogP contribution in [0.15, 0.2) is 36.4 Å². The van der Waals surface area contributed by atoms with Gasteiger partial charge in [-0.1, -0.05) is 51.1 Å². The Morgan fingerprint density at radius 1 is 1.23 bits per heavy atom. The molecule has 5 nitrogen and oxygen atoms in total. The van der Waals surface area contributed by atoms with Crippen LogP contribution in [0.1, 0.15) is 32.1 Å². The second-order valence-electron chi connectivity index (χ2n) is 6.71. The van der Waals surface area contributed by atoms with Crippen molar-refractivity contribution in [1.29, 1.82) is 0 Å². The average molecular weight is 369 g/mol. The van der Waals surface area contributed by atoms with Crippen LogP contribution in [0.5, 0.6) is 0 Å². The number of aliphatic carboxylic acids is 1. The van der Waals surface area contributed by atoms with Crippen LogP contribution in [-0.2, 0) is 11.2 Å². The summed E-state index contributed by atoms with van der Waals surface area (Å²) in [5, 5.41) is 13.6. The van der Waals surface area contributed by atoms with Gasteiger partial charge < -0.3 is 10.4 Å². The van der Waals surface area contributed by atoms with E-state index < -0.39 is 12.0 Å². The van der Waals surface area contributed by atoms with E-state index in [0.29, 0.717) is 18.1 Å². The number of nitrogens with one attached hydrogen (secondary N) is 1. The standard InChI is InChI=1S/C20H23N3O2S/c1-4-14-11-15-18(21-16(20(24)25)10-12(2)3)22-17(23-19(15)26-14)13-8-6-5-7-9-13/h5-9,11-12,16H,4,10H2,1-3H3,(H,24,25)(H,21,22,23). The summed E-state index contributed by atoms with van der Waals surface area (Å²) >= 11 is 1.63. The first-order chi connectivity index (χ1) is 12.5. The van der Waals surface area contributed by atoms with Crippen molar-refractivity contribution in [2.75, 3.05) is 5.32 Å². The summed E-state index contributed by atoms with van der Waals surface area (Å²) < 4.78 is 0. The minimum atomic E-state index is -0.863. The zero-order valence-electron chi connectivity index (χ0n) is 15.2. The van der Waals surface area contributed by atoms with E-state index in [1.54, 1.807) is 11.3 Å². The lowest BCUT2D eigenvalue weighted by molar-refractivity contribution is -0.138. The second-order valence-corrected chi connectivity index (χ2v) is 7.83. The van der Waals surface area contributed by atoms with Crippen molar-refractivity contribution < 1.29 is 9.90 Å². The molecule has 0 bridgehead atoms. The largest absolute Gasteiger partial charge is 0.480 e. The molecule has 0 aliphatic carbocycles. The predicted octanol–water partition coefficient (Wildman–Crippen LogP) is 4.83. The molecule has 0 amide bonds. The highest BCUT2D eigenvalue weighted by molar-refractivity contribution is 7.18. The Labute approximate surface area is 157 Å². The van der Waals surface area contributed by atoms with Crippen LogP contribution in [0, 0.1) is 5.92 Å². The number of carbonyl (C=O) groups is 1. The van der Waals surface area contributed by atoms with Crippen molar-refractivity contribution in [3.63, 3.8) is 0 Å². The van der Waals surface area contributed by atoms with Crippen molar-refractivity contribution in [3.05, 3.63) is 41.3 Å². The first kappa shape index (κ1) is 18.3. The quantitative estimate of drug-likeness (QED) is 0.624. The Bertz CT molecular complexity index is 906. The fourth-order valence-corrected chi connectivity index (χ4v) is 3.80. The number of nitrogens with zero attached hydrogens (tertiary/aromatic N) is 2. The van der Waals surface area contributed by atoms with Gasteiger partial charge in [-0.15, -0.1) is 11.3 Å². The van der Waals surface area contributed by atoms with E-state index in [1.807, 2.05) is 44.2 Å². The number of carboxylic acid groups (broad SMARTS) is 1. The number of benzene rings is 1. The lowest BCUT2D eigenvalue weighted by Gasteiger charge is -2.18. The molecule has 26 heavy (non-hydrogen) atoms. The lowest BCUT2D eigenvalue weighted by atomic mass is 10.0. The molecule has 0 saturated heterocycles. The minimum Gasteiger partial charge on any atom is -0.480 e. The molecule has 3 rings (SSSR count). The normalized spacial score (nSPS) is 12.5. The molecule has 0 aliphatic heterocycles. The minimum absolute atomic E-state index is 0.267. The molecule has 3 aromatic rings. The number of thiophene rings is 1. The van der Waals surface area contributed by atoms with Gasteiger partial charge in [0.15, 0.2) is 5.82 Å². The third-order valence-corrected chi connectivity index (χ3v) is 5.31. The smallest absolute Gasteiger partial charge is 0.326 e. The molecule has 2 aromatic heterocycles. The highest BCUT2D eigenvalue weighted by atomic mass is 32.1. The van der Waals surface area contributed by atoms with Crippen molar-refractivity contribution in [3.8, 4) is 11.4 Å². The Hall–Kier alpha value is -2.47. The number of hydrogen-bond acceptors (Lipinski definition) is 5. The van der Waals surface area contributed by atoms with Crippen LogP contribution in [0.25, 0.3) is 21.6 Å². The number of fused-ring (bicyclic) bond motifs is 1. The predicted molar refractivity (Wildman–Crippen MR) is 107 cm³/mol. The van der Waals surface area contributed by atoms with Crippen LogP contribution in [-0.4, -0.2) is 27.1 Å². The molecule has 1 atom stereocenters. The van der Waals surface area contributed by atoms with E-state index in [1.165, 1.54) is 4.88 Å². The van der Waals surface area contributed by atoms with Crippen molar-refractivity contribution >= 4 is 33.3 Å². The van der Waals surface area contributed by atoms with Crippen molar-refractivity contribution in [1.82, 2.24) is 9.97 Å². The van der Waals surface area contributed by atoms with Gasteiger partial charge in [-0.3, -0.25) is 0 Å². The summed E-state index contributed by atoms with van der Waals surface area (Å²) in [6.45, 7) is 6.13. The fraction of sp³-hybridized carbons (Fsp3) is 0.350. The lowest BCUT2D eigenvalue weighted by Crippen LogP contribution is -2.31. The van der Waals surface area contributed by atoms with E-state index >= 15 is 0 Å². The molecule has 136 valence electrons. The third-order valence-electron chi connectivity index (χ3n) is 4.14. The monoisotopic (exact) mass is 369 g/mol. The molecule has 2 N–H and O–H groups in total. The summed E-state index contributed by atoms with van der Waals surface area (Å²) in [5.41, 5.74) is 0.916. The topological polar surface area (TPSA) is 75.1 Å². The van der Waals surface area contributed by atoms with Crippen LogP contribution in [0.3, 0.4) is 0 Å². The molecule has 1 aromatic carbocycles. The number of rotatable bonds is 7.